The third-order valence-corrected chi connectivity index (χ3v) is 2.82. The smallest absolute Gasteiger partial charge is 0.320 e. The zero-order valence-electron chi connectivity index (χ0n) is 9.66. The van der Waals surface area contributed by atoms with Gasteiger partial charge < -0.3 is 20.9 Å². The number of fused-ring (bicyclic) bond motifs is 1. The molecular weight excluding hydrogens is 254 g/mol. The van der Waals surface area contributed by atoms with Crippen molar-refractivity contribution in [3.8, 4) is 5.88 Å². The van der Waals surface area contributed by atoms with Gasteiger partial charge in [0.05, 0.1) is 4.92 Å². The molecule has 8 heteroatoms. The second kappa shape index (κ2) is 4.58. The van der Waals surface area contributed by atoms with Crippen LogP contribution >= 0.6 is 0 Å². The van der Waals surface area contributed by atoms with Gasteiger partial charge in [0.25, 0.3) is 5.69 Å². The lowest BCUT2D eigenvalue weighted by molar-refractivity contribution is -0.384. The van der Waals surface area contributed by atoms with E-state index in [0.717, 1.165) is 0 Å². The van der Waals surface area contributed by atoms with Crippen LogP contribution in [0, 0.1) is 10.1 Å². The van der Waals surface area contributed by atoms with Gasteiger partial charge in [0.15, 0.2) is 5.88 Å². The number of non-ortho nitro benzene ring substituents is 1. The number of nitrogens with zero attached hydrogens (tertiary/aromatic N) is 1. The molecule has 19 heavy (non-hydrogen) atoms. The standard InChI is InChI=1S/C11H11N3O5/c12-8(11(16)17)4-7-6-3-5(14(18)19)1-2-9(6)13-10(7)15/h1-3,8,13,15H,4,12H2,(H,16,17)/t8-/m0/s1. The highest BCUT2D eigenvalue weighted by molar-refractivity contribution is 5.88. The van der Waals surface area contributed by atoms with Crippen molar-refractivity contribution >= 4 is 22.6 Å². The number of benzene rings is 1. The van der Waals surface area contributed by atoms with E-state index in [4.69, 9.17) is 10.8 Å². The van der Waals surface area contributed by atoms with Crippen LogP contribution in [0.25, 0.3) is 10.9 Å². The maximum atomic E-state index is 10.7. The Morgan fingerprint density at radius 2 is 2.21 bits per heavy atom. The average molecular weight is 265 g/mol. The van der Waals surface area contributed by atoms with Gasteiger partial charge in [-0.1, -0.05) is 0 Å². The molecule has 0 saturated carbocycles. The molecule has 1 heterocycles. The highest BCUT2D eigenvalue weighted by Crippen LogP contribution is 2.30. The van der Waals surface area contributed by atoms with Crippen LogP contribution in [0.5, 0.6) is 5.88 Å². The van der Waals surface area contributed by atoms with Gasteiger partial charge in [0.1, 0.15) is 6.04 Å². The second-order valence-electron chi connectivity index (χ2n) is 4.09. The molecular formula is C11H11N3O5. The van der Waals surface area contributed by atoms with Gasteiger partial charge in [-0.15, -0.1) is 0 Å². The number of carboxylic acid groups (broad SMARTS) is 1. The summed E-state index contributed by atoms with van der Waals surface area (Å²) in [6.07, 6.45) is -0.123. The second-order valence-corrected chi connectivity index (χ2v) is 4.09. The van der Waals surface area contributed by atoms with Crippen molar-refractivity contribution < 1.29 is 19.9 Å². The predicted octanol–water partition coefficient (Wildman–Crippen LogP) is 0.736. The van der Waals surface area contributed by atoms with Crippen LogP contribution in [0.3, 0.4) is 0 Å². The predicted molar refractivity (Wildman–Crippen MR) is 65.9 cm³/mol. The molecule has 1 aromatic carbocycles. The molecule has 0 unspecified atom stereocenters. The summed E-state index contributed by atoms with van der Waals surface area (Å²) in [6.45, 7) is 0. The Morgan fingerprint density at radius 3 is 2.79 bits per heavy atom. The Balaban J connectivity index is 2.52. The van der Waals surface area contributed by atoms with E-state index in [1.54, 1.807) is 0 Å². The molecule has 0 spiro atoms. The van der Waals surface area contributed by atoms with Crippen LogP contribution in [-0.2, 0) is 11.2 Å². The number of hydrogen-bond acceptors (Lipinski definition) is 5. The monoisotopic (exact) mass is 265 g/mol. The number of carbonyl (C=O) groups is 1. The first kappa shape index (κ1) is 12.8. The minimum Gasteiger partial charge on any atom is -0.494 e. The molecule has 1 atom stereocenters. The molecule has 0 aliphatic rings. The van der Waals surface area contributed by atoms with E-state index in [1.807, 2.05) is 0 Å². The fourth-order valence-electron chi connectivity index (χ4n) is 1.85. The van der Waals surface area contributed by atoms with E-state index in [2.05, 4.69) is 4.98 Å². The topological polar surface area (TPSA) is 142 Å². The lowest BCUT2D eigenvalue weighted by atomic mass is 10.0. The van der Waals surface area contributed by atoms with Crippen LogP contribution in [0.1, 0.15) is 5.56 Å². The van der Waals surface area contributed by atoms with Crippen molar-refractivity contribution in [2.75, 3.05) is 0 Å². The molecule has 0 radical (unpaired) electrons. The number of aromatic hydroxyl groups is 1. The van der Waals surface area contributed by atoms with Gasteiger partial charge in [-0.3, -0.25) is 14.9 Å². The van der Waals surface area contributed by atoms with E-state index in [-0.39, 0.29) is 23.6 Å². The average Bonchev–Trinajstić information content (AvgIpc) is 2.65. The molecule has 0 aliphatic carbocycles. The Bertz CT molecular complexity index is 664. The summed E-state index contributed by atoms with van der Waals surface area (Å²) >= 11 is 0. The lowest BCUT2D eigenvalue weighted by Crippen LogP contribution is -2.32. The number of nitro groups is 1. The third kappa shape index (κ3) is 2.33. The van der Waals surface area contributed by atoms with Crippen LogP contribution in [0.2, 0.25) is 0 Å². The van der Waals surface area contributed by atoms with Gasteiger partial charge in [0, 0.05) is 35.0 Å². The van der Waals surface area contributed by atoms with Gasteiger partial charge in [-0.2, -0.15) is 0 Å². The highest BCUT2D eigenvalue weighted by Gasteiger charge is 2.20. The summed E-state index contributed by atoms with van der Waals surface area (Å²) in [7, 11) is 0. The number of hydrogen-bond donors (Lipinski definition) is 4. The fourth-order valence-corrected chi connectivity index (χ4v) is 1.85. The van der Waals surface area contributed by atoms with Gasteiger partial charge in [-0.25, -0.2) is 0 Å². The molecule has 1 aromatic heterocycles. The molecule has 5 N–H and O–H groups in total. The third-order valence-electron chi connectivity index (χ3n) is 2.82. The zero-order valence-corrected chi connectivity index (χ0v) is 9.66. The minimum absolute atomic E-state index is 0.123. The Kier molecular flexibility index (Phi) is 3.09. The molecule has 100 valence electrons. The van der Waals surface area contributed by atoms with Crippen molar-refractivity contribution in [1.29, 1.82) is 0 Å². The van der Waals surface area contributed by atoms with Crippen molar-refractivity contribution in [3.05, 3.63) is 33.9 Å². The normalized spacial score (nSPS) is 12.5. The SMILES string of the molecule is N[C@@H](Cc1c(O)[nH]c2ccc([N+](=O)[O-])cc12)C(=O)O. The maximum Gasteiger partial charge on any atom is 0.320 e. The summed E-state index contributed by atoms with van der Waals surface area (Å²) < 4.78 is 0. The number of nitro benzene ring substituents is 1. The summed E-state index contributed by atoms with van der Waals surface area (Å²) in [5.74, 6) is -1.44. The Hall–Kier alpha value is -2.61. The first-order valence-corrected chi connectivity index (χ1v) is 5.36. The fraction of sp³-hybridized carbons (Fsp3) is 0.182. The number of aromatic nitrogens is 1. The first-order chi connectivity index (χ1) is 8.90. The number of nitrogens with two attached hydrogens (primary N) is 1. The molecule has 0 aliphatic heterocycles. The molecule has 0 saturated heterocycles. The van der Waals surface area contributed by atoms with Crippen LogP contribution in [-0.4, -0.2) is 32.1 Å². The van der Waals surface area contributed by atoms with Gasteiger partial charge >= 0.3 is 5.97 Å². The number of H-pyrrole nitrogens is 1. The van der Waals surface area contributed by atoms with Crippen molar-refractivity contribution in [3.63, 3.8) is 0 Å². The number of rotatable bonds is 4. The van der Waals surface area contributed by atoms with Crippen molar-refractivity contribution in [1.82, 2.24) is 4.98 Å². The molecule has 0 bridgehead atoms. The van der Waals surface area contributed by atoms with E-state index in [1.165, 1.54) is 18.2 Å². The number of carboxylic acids is 1. The number of aliphatic carboxylic acids is 1. The first-order valence-electron chi connectivity index (χ1n) is 5.36. The minimum atomic E-state index is -1.21. The van der Waals surface area contributed by atoms with Crippen molar-refractivity contribution in [2.24, 2.45) is 5.73 Å². The maximum absolute atomic E-state index is 10.7. The quantitative estimate of drug-likeness (QED) is 0.474. The lowest BCUT2D eigenvalue weighted by Gasteiger charge is -2.05. The Labute approximate surface area is 106 Å². The number of aromatic amines is 1. The summed E-state index contributed by atoms with van der Waals surface area (Å²) in [5, 5.41) is 29.6. The van der Waals surface area contributed by atoms with E-state index < -0.39 is 16.9 Å². The molecule has 8 nitrogen and oxygen atoms in total. The molecule has 2 aromatic rings. The van der Waals surface area contributed by atoms with Crippen molar-refractivity contribution in [2.45, 2.75) is 12.5 Å². The molecule has 0 fully saturated rings. The summed E-state index contributed by atoms with van der Waals surface area (Å²) in [6, 6.07) is 2.82. The molecule has 2 rings (SSSR count). The largest absolute Gasteiger partial charge is 0.494 e. The van der Waals surface area contributed by atoms with E-state index in [0.29, 0.717) is 10.9 Å². The van der Waals surface area contributed by atoms with Crippen LogP contribution in [0.4, 0.5) is 5.69 Å². The van der Waals surface area contributed by atoms with Crippen LogP contribution in [0.15, 0.2) is 18.2 Å². The van der Waals surface area contributed by atoms with Gasteiger partial charge in [-0.05, 0) is 6.07 Å². The van der Waals surface area contributed by atoms with E-state index >= 15 is 0 Å². The highest BCUT2D eigenvalue weighted by atomic mass is 16.6. The summed E-state index contributed by atoms with van der Waals surface area (Å²) in [5.41, 5.74) is 6.01. The number of nitrogens with one attached hydrogen (secondary N) is 1. The molecule has 0 amide bonds. The zero-order chi connectivity index (χ0) is 14.2. The van der Waals surface area contributed by atoms with E-state index in [9.17, 15) is 20.0 Å². The summed E-state index contributed by atoms with van der Waals surface area (Å²) in [4.78, 5) is 23.5. The van der Waals surface area contributed by atoms with Gasteiger partial charge in [0.2, 0.25) is 0 Å². The Morgan fingerprint density at radius 1 is 1.53 bits per heavy atom. The van der Waals surface area contributed by atoms with Crippen LogP contribution < -0.4 is 5.73 Å².